The van der Waals surface area contributed by atoms with Crippen molar-refractivity contribution in [3.63, 3.8) is 0 Å². The van der Waals surface area contributed by atoms with Crippen LogP contribution in [0.4, 0.5) is 5.95 Å². The van der Waals surface area contributed by atoms with E-state index in [0.717, 1.165) is 36.0 Å². The van der Waals surface area contributed by atoms with Gasteiger partial charge in [-0.1, -0.05) is 29.3 Å². The molecular formula is C18H22Cl2N5O+. The standard InChI is InChI=1S/C18H21Cl2N5O/c1-23(12-14-3-4-15(19)16(20)11-14)13-17(26)24-7-9-25(10-8-24)18-21-5-2-6-22-18/h2-6,11H,7-10,12-13H2,1H3/p+1. The minimum atomic E-state index is 0.163. The van der Waals surface area contributed by atoms with Gasteiger partial charge in [0, 0.05) is 44.1 Å². The molecule has 0 aliphatic carbocycles. The van der Waals surface area contributed by atoms with Gasteiger partial charge in [-0.25, -0.2) is 9.97 Å². The third-order valence-corrected chi connectivity index (χ3v) is 5.15. The van der Waals surface area contributed by atoms with Gasteiger partial charge in [-0.3, -0.25) is 4.79 Å². The smallest absolute Gasteiger partial charge is 0.277 e. The Morgan fingerprint density at radius 3 is 2.46 bits per heavy atom. The van der Waals surface area contributed by atoms with Crippen LogP contribution in [0.3, 0.4) is 0 Å². The summed E-state index contributed by atoms with van der Waals surface area (Å²) in [7, 11) is 2.01. The first-order valence-electron chi connectivity index (χ1n) is 8.58. The van der Waals surface area contributed by atoms with Gasteiger partial charge in [0.15, 0.2) is 6.54 Å². The van der Waals surface area contributed by atoms with E-state index >= 15 is 0 Å². The number of hydrogen-bond acceptors (Lipinski definition) is 4. The molecule has 6 nitrogen and oxygen atoms in total. The van der Waals surface area contributed by atoms with Gasteiger partial charge in [0.25, 0.3) is 5.91 Å². The Bertz CT molecular complexity index is 751. The molecular weight excluding hydrogens is 373 g/mol. The number of carbonyl (C=O) groups excluding carboxylic acids is 1. The van der Waals surface area contributed by atoms with Crippen molar-refractivity contribution in [2.75, 3.05) is 44.7 Å². The average molecular weight is 395 g/mol. The summed E-state index contributed by atoms with van der Waals surface area (Å²) < 4.78 is 0. The van der Waals surface area contributed by atoms with Crippen molar-refractivity contribution in [3.8, 4) is 0 Å². The number of hydrogen-bond donors (Lipinski definition) is 1. The van der Waals surface area contributed by atoms with Crippen molar-refractivity contribution >= 4 is 35.1 Å². The van der Waals surface area contributed by atoms with E-state index in [1.165, 1.54) is 0 Å². The van der Waals surface area contributed by atoms with Crippen molar-refractivity contribution < 1.29 is 9.69 Å². The highest BCUT2D eigenvalue weighted by atomic mass is 35.5. The van der Waals surface area contributed by atoms with Gasteiger partial charge in [0.1, 0.15) is 6.54 Å². The molecule has 0 bridgehead atoms. The summed E-state index contributed by atoms with van der Waals surface area (Å²) in [4.78, 5) is 26.2. The van der Waals surface area contributed by atoms with Crippen LogP contribution in [0.1, 0.15) is 5.56 Å². The van der Waals surface area contributed by atoms with Gasteiger partial charge >= 0.3 is 0 Å². The quantitative estimate of drug-likeness (QED) is 0.826. The van der Waals surface area contributed by atoms with E-state index in [4.69, 9.17) is 23.2 Å². The number of anilines is 1. The SMILES string of the molecule is C[NH+](CC(=O)N1CCN(c2ncccn2)CC1)Cc1ccc(Cl)c(Cl)c1. The average Bonchev–Trinajstić information content (AvgIpc) is 2.65. The van der Waals surface area contributed by atoms with Crippen LogP contribution in [0.25, 0.3) is 0 Å². The van der Waals surface area contributed by atoms with Gasteiger partial charge < -0.3 is 14.7 Å². The molecule has 1 N–H and O–H groups in total. The fourth-order valence-electron chi connectivity index (χ4n) is 3.04. The number of rotatable bonds is 5. The largest absolute Gasteiger partial charge is 0.337 e. The van der Waals surface area contributed by atoms with Crippen molar-refractivity contribution in [2.45, 2.75) is 6.54 Å². The van der Waals surface area contributed by atoms with Crippen molar-refractivity contribution in [1.29, 1.82) is 0 Å². The molecule has 1 unspecified atom stereocenters. The number of carbonyl (C=O) groups is 1. The van der Waals surface area contributed by atoms with E-state index < -0.39 is 0 Å². The van der Waals surface area contributed by atoms with Crippen LogP contribution >= 0.6 is 23.2 Å². The molecule has 0 spiro atoms. The molecule has 138 valence electrons. The molecule has 1 aromatic carbocycles. The summed E-state index contributed by atoms with van der Waals surface area (Å²) in [6.45, 7) is 4.06. The lowest BCUT2D eigenvalue weighted by Gasteiger charge is -2.34. The van der Waals surface area contributed by atoms with Gasteiger partial charge in [-0.2, -0.15) is 0 Å². The van der Waals surface area contributed by atoms with E-state index in [1.54, 1.807) is 24.5 Å². The second kappa shape index (κ2) is 8.66. The zero-order valence-electron chi connectivity index (χ0n) is 14.7. The molecule has 0 radical (unpaired) electrons. The highest BCUT2D eigenvalue weighted by molar-refractivity contribution is 6.42. The van der Waals surface area contributed by atoms with Crippen molar-refractivity contribution in [3.05, 3.63) is 52.3 Å². The van der Waals surface area contributed by atoms with E-state index in [1.807, 2.05) is 24.1 Å². The summed E-state index contributed by atoms with van der Waals surface area (Å²) in [5, 5.41) is 1.09. The zero-order chi connectivity index (χ0) is 18.5. The van der Waals surface area contributed by atoms with Crippen molar-refractivity contribution in [1.82, 2.24) is 14.9 Å². The Hall–Kier alpha value is -1.89. The second-order valence-corrected chi connectivity index (χ2v) is 7.29. The number of halogens is 2. The minimum Gasteiger partial charge on any atom is -0.337 e. The number of aromatic nitrogens is 2. The lowest BCUT2D eigenvalue weighted by molar-refractivity contribution is -0.885. The highest BCUT2D eigenvalue weighted by Crippen LogP contribution is 2.22. The van der Waals surface area contributed by atoms with E-state index in [9.17, 15) is 4.79 Å². The van der Waals surface area contributed by atoms with Crippen molar-refractivity contribution in [2.24, 2.45) is 0 Å². The lowest BCUT2D eigenvalue weighted by atomic mass is 10.2. The summed E-state index contributed by atoms with van der Waals surface area (Å²) in [5.41, 5.74) is 1.07. The molecule has 1 fully saturated rings. The Balaban J connectivity index is 1.48. The minimum absolute atomic E-state index is 0.163. The van der Waals surface area contributed by atoms with E-state index in [2.05, 4.69) is 14.9 Å². The van der Waals surface area contributed by atoms with Gasteiger partial charge in [0.2, 0.25) is 5.95 Å². The third kappa shape index (κ3) is 4.84. The predicted molar refractivity (Wildman–Crippen MR) is 103 cm³/mol. The molecule has 1 amide bonds. The van der Waals surface area contributed by atoms with Gasteiger partial charge in [-0.15, -0.1) is 0 Å². The van der Waals surface area contributed by atoms with Gasteiger partial charge in [0.05, 0.1) is 17.1 Å². The molecule has 26 heavy (non-hydrogen) atoms. The number of nitrogens with zero attached hydrogens (tertiary/aromatic N) is 4. The maximum Gasteiger partial charge on any atom is 0.277 e. The van der Waals surface area contributed by atoms with Crippen LogP contribution in [0.15, 0.2) is 36.7 Å². The second-order valence-electron chi connectivity index (χ2n) is 6.48. The number of piperazine rings is 1. The van der Waals surface area contributed by atoms with Crippen LogP contribution in [-0.4, -0.2) is 60.5 Å². The number of quaternary nitrogens is 1. The molecule has 1 aromatic heterocycles. The summed E-state index contributed by atoms with van der Waals surface area (Å²) in [6.07, 6.45) is 3.47. The van der Waals surface area contributed by atoms with Crippen LogP contribution in [0.5, 0.6) is 0 Å². The number of likely N-dealkylation sites (N-methyl/N-ethyl adjacent to an activating group) is 1. The van der Waals surface area contributed by atoms with Gasteiger partial charge in [-0.05, 0) is 18.2 Å². The van der Waals surface area contributed by atoms with E-state index in [-0.39, 0.29) is 5.91 Å². The predicted octanol–water partition coefficient (Wildman–Crippen LogP) is 1.15. The Labute approximate surface area is 163 Å². The molecule has 1 aliphatic rings. The highest BCUT2D eigenvalue weighted by Gasteiger charge is 2.24. The maximum atomic E-state index is 12.6. The number of benzene rings is 1. The molecule has 1 aliphatic heterocycles. The van der Waals surface area contributed by atoms with Crippen LogP contribution < -0.4 is 9.80 Å². The molecule has 8 heteroatoms. The first-order valence-corrected chi connectivity index (χ1v) is 9.33. The van der Waals surface area contributed by atoms with Crippen LogP contribution in [-0.2, 0) is 11.3 Å². The van der Waals surface area contributed by atoms with E-state index in [0.29, 0.717) is 29.7 Å². The molecule has 1 saturated heterocycles. The number of amides is 1. The maximum absolute atomic E-state index is 12.6. The first kappa shape index (κ1) is 18.9. The van der Waals surface area contributed by atoms with Crippen LogP contribution in [0, 0.1) is 0 Å². The summed E-state index contributed by atoms with van der Waals surface area (Å²) in [5.74, 6) is 0.887. The fraction of sp³-hybridized carbons (Fsp3) is 0.389. The zero-order valence-corrected chi connectivity index (χ0v) is 16.2. The topological polar surface area (TPSA) is 53.8 Å². The lowest BCUT2D eigenvalue weighted by Crippen LogP contribution is -3.09. The molecule has 2 aromatic rings. The molecule has 0 saturated carbocycles. The molecule has 1 atom stereocenters. The Kier molecular flexibility index (Phi) is 6.29. The first-order chi connectivity index (χ1) is 12.5. The van der Waals surface area contributed by atoms with Crippen LogP contribution in [0.2, 0.25) is 10.0 Å². The normalized spacial score (nSPS) is 15.8. The molecule has 2 heterocycles. The third-order valence-electron chi connectivity index (χ3n) is 4.41. The monoisotopic (exact) mass is 394 g/mol. The summed E-state index contributed by atoms with van der Waals surface area (Å²) >= 11 is 12.0. The fourth-order valence-corrected chi connectivity index (χ4v) is 3.36. The Morgan fingerprint density at radius 2 is 1.81 bits per heavy atom. The number of nitrogens with one attached hydrogen (secondary N) is 1. The summed E-state index contributed by atoms with van der Waals surface area (Å²) in [6, 6.07) is 7.40. The molecule has 3 rings (SSSR count). The Morgan fingerprint density at radius 1 is 1.12 bits per heavy atom.